The molecule has 3 aromatic carbocycles. The van der Waals surface area contributed by atoms with Gasteiger partial charge in [0, 0.05) is 57.0 Å². The number of hydrogen-bond acceptors (Lipinski definition) is 7. The molecule has 46 heavy (non-hydrogen) atoms. The Morgan fingerprint density at radius 3 is 2.37 bits per heavy atom. The van der Waals surface area contributed by atoms with E-state index in [0.29, 0.717) is 30.2 Å². The minimum absolute atomic E-state index is 0.0287. The maximum absolute atomic E-state index is 14.4. The van der Waals surface area contributed by atoms with Gasteiger partial charge in [0.05, 0.1) is 0 Å². The summed E-state index contributed by atoms with van der Waals surface area (Å²) in [5.74, 6) is 1.42. The molecule has 0 aliphatic carbocycles. The summed E-state index contributed by atoms with van der Waals surface area (Å²) in [5.41, 5.74) is 5.90. The quantitative estimate of drug-likeness (QED) is 0.130. The van der Waals surface area contributed by atoms with Crippen molar-refractivity contribution in [1.29, 1.82) is 0 Å². The Balaban J connectivity index is 1.17. The van der Waals surface area contributed by atoms with E-state index < -0.39 is 0 Å². The van der Waals surface area contributed by atoms with E-state index in [2.05, 4.69) is 52.0 Å². The molecule has 7 heteroatoms. The van der Waals surface area contributed by atoms with E-state index >= 15 is 0 Å². The predicted octanol–water partition coefficient (Wildman–Crippen LogP) is 8.15. The molecule has 0 spiro atoms. The zero-order chi connectivity index (χ0) is 31.3. The second-order valence-electron chi connectivity index (χ2n) is 12.5. The van der Waals surface area contributed by atoms with E-state index in [0.717, 1.165) is 76.7 Å². The van der Waals surface area contributed by atoms with Crippen molar-refractivity contribution < 1.29 is 14.3 Å². The molecule has 0 bridgehead atoms. The summed E-state index contributed by atoms with van der Waals surface area (Å²) in [5, 5.41) is 0.932. The van der Waals surface area contributed by atoms with Crippen molar-refractivity contribution in [3.8, 4) is 22.1 Å². The number of thiophene rings is 1. The highest BCUT2D eigenvalue weighted by atomic mass is 32.1. The molecule has 0 atom stereocenters. The van der Waals surface area contributed by atoms with Crippen molar-refractivity contribution in [2.75, 3.05) is 39.3 Å². The summed E-state index contributed by atoms with van der Waals surface area (Å²) >= 11 is 1.61. The molecule has 4 heterocycles. The van der Waals surface area contributed by atoms with Gasteiger partial charge in [0.15, 0.2) is 5.78 Å². The van der Waals surface area contributed by atoms with Gasteiger partial charge in [0.25, 0.3) is 0 Å². The molecule has 2 fully saturated rings. The van der Waals surface area contributed by atoms with Crippen LogP contribution in [-0.2, 0) is 13.2 Å². The fourth-order valence-electron chi connectivity index (χ4n) is 6.56. The molecule has 2 aromatic heterocycles. The zero-order valence-corrected chi connectivity index (χ0v) is 27.4. The Labute approximate surface area is 275 Å². The summed E-state index contributed by atoms with van der Waals surface area (Å²) in [6, 6.07) is 26.4. The van der Waals surface area contributed by atoms with Gasteiger partial charge in [-0.25, -0.2) is 4.98 Å². The third-order valence-electron chi connectivity index (χ3n) is 9.19. The van der Waals surface area contributed by atoms with Gasteiger partial charge in [-0.1, -0.05) is 42.5 Å². The van der Waals surface area contributed by atoms with Crippen molar-refractivity contribution in [2.24, 2.45) is 0 Å². The number of benzene rings is 3. The van der Waals surface area contributed by atoms with Gasteiger partial charge in [-0.3, -0.25) is 14.6 Å². The van der Waals surface area contributed by atoms with Crippen LogP contribution in [0.5, 0.6) is 11.6 Å². The topological polar surface area (TPSA) is 54.9 Å². The molecule has 0 unspecified atom stereocenters. The minimum atomic E-state index is 0.0287. The van der Waals surface area contributed by atoms with Crippen molar-refractivity contribution in [1.82, 2.24) is 14.8 Å². The number of rotatable bonds is 12. The van der Waals surface area contributed by atoms with Crippen molar-refractivity contribution >= 4 is 27.2 Å². The average Bonchev–Trinajstić information content (AvgIpc) is 3.87. The summed E-state index contributed by atoms with van der Waals surface area (Å²) in [6.45, 7) is 9.70. The molecule has 5 aromatic rings. The first kappa shape index (κ1) is 30.6. The van der Waals surface area contributed by atoms with Crippen molar-refractivity contribution in [3.05, 3.63) is 113 Å². The van der Waals surface area contributed by atoms with Crippen LogP contribution >= 0.6 is 11.3 Å². The van der Waals surface area contributed by atoms with Crippen molar-refractivity contribution in [3.63, 3.8) is 0 Å². The third-order valence-corrected chi connectivity index (χ3v) is 10.4. The van der Waals surface area contributed by atoms with Crippen LogP contribution in [0.15, 0.2) is 85.1 Å². The van der Waals surface area contributed by atoms with Gasteiger partial charge < -0.3 is 9.47 Å². The van der Waals surface area contributed by atoms with Crippen LogP contribution in [0, 0.1) is 6.92 Å². The van der Waals surface area contributed by atoms with Gasteiger partial charge >= 0.3 is 0 Å². The van der Waals surface area contributed by atoms with E-state index in [1.165, 1.54) is 31.2 Å². The number of likely N-dealkylation sites (tertiary alicyclic amines) is 2. The van der Waals surface area contributed by atoms with Gasteiger partial charge in [0.2, 0.25) is 5.88 Å². The number of aryl methyl sites for hydroxylation is 1. The normalized spacial score (nSPS) is 15.5. The highest BCUT2D eigenvalue weighted by Crippen LogP contribution is 2.41. The van der Waals surface area contributed by atoms with Crippen LogP contribution in [0.1, 0.15) is 58.3 Å². The summed E-state index contributed by atoms with van der Waals surface area (Å²) in [6.07, 6.45) is 6.91. The Morgan fingerprint density at radius 1 is 0.848 bits per heavy atom. The largest absolute Gasteiger partial charge is 0.489 e. The number of hydrogen-bond donors (Lipinski definition) is 0. The van der Waals surface area contributed by atoms with Crippen LogP contribution in [0.3, 0.4) is 0 Å². The number of pyridine rings is 1. The Morgan fingerprint density at radius 2 is 1.63 bits per heavy atom. The van der Waals surface area contributed by atoms with Gasteiger partial charge in [-0.2, -0.15) is 0 Å². The van der Waals surface area contributed by atoms with Crippen LogP contribution in [-0.4, -0.2) is 59.9 Å². The number of carbonyl (C=O) groups is 1. The number of ether oxygens (including phenoxy) is 2. The number of aromatic nitrogens is 1. The monoisotopic (exact) mass is 631 g/mol. The maximum atomic E-state index is 14.4. The van der Waals surface area contributed by atoms with Gasteiger partial charge in [-0.15, -0.1) is 11.3 Å². The first-order valence-corrected chi connectivity index (χ1v) is 17.3. The van der Waals surface area contributed by atoms with Crippen molar-refractivity contribution in [2.45, 2.75) is 45.8 Å². The zero-order valence-electron chi connectivity index (χ0n) is 26.5. The molecule has 236 valence electrons. The van der Waals surface area contributed by atoms with Crippen LogP contribution in [0.25, 0.3) is 20.5 Å². The molecule has 6 nitrogen and oxygen atoms in total. The van der Waals surface area contributed by atoms with E-state index in [1.807, 2.05) is 54.7 Å². The summed E-state index contributed by atoms with van der Waals surface area (Å²) in [4.78, 5) is 24.9. The number of ketones is 1. The molecule has 2 aliphatic rings. The Hall–Kier alpha value is -4.04. The lowest BCUT2D eigenvalue weighted by molar-refractivity contribution is 0.104. The maximum Gasteiger partial charge on any atom is 0.213 e. The minimum Gasteiger partial charge on any atom is -0.489 e. The molecule has 0 amide bonds. The fraction of sp³-hybridized carbons (Fsp3) is 0.333. The molecule has 7 rings (SSSR count). The molecule has 0 saturated carbocycles. The first-order valence-electron chi connectivity index (χ1n) is 16.5. The molecular weight excluding hydrogens is 591 g/mol. The third kappa shape index (κ3) is 7.02. The van der Waals surface area contributed by atoms with E-state index in [9.17, 15) is 4.79 Å². The summed E-state index contributed by atoms with van der Waals surface area (Å²) in [7, 11) is 0. The second kappa shape index (κ2) is 14.2. The lowest BCUT2D eigenvalue weighted by atomic mass is 9.95. The lowest BCUT2D eigenvalue weighted by Gasteiger charge is -2.17. The molecule has 0 radical (unpaired) electrons. The molecule has 2 saturated heterocycles. The highest BCUT2D eigenvalue weighted by molar-refractivity contribution is 7.22. The SMILES string of the molecule is Cc1cc(C(=O)c2c(-c3ccc(OCCN4CCCC4)nc3)sc3cc(OCc4ccccc4)ccc23)ccc1CN1CCCC1. The summed E-state index contributed by atoms with van der Waals surface area (Å²) < 4.78 is 13.1. The van der Waals surface area contributed by atoms with Gasteiger partial charge in [0.1, 0.15) is 19.0 Å². The van der Waals surface area contributed by atoms with E-state index in [4.69, 9.17) is 9.47 Å². The van der Waals surface area contributed by atoms with E-state index in [-0.39, 0.29) is 5.78 Å². The second-order valence-corrected chi connectivity index (χ2v) is 13.5. The predicted molar refractivity (Wildman–Crippen MR) is 186 cm³/mol. The molecular formula is C39H41N3O3S. The van der Waals surface area contributed by atoms with E-state index in [1.54, 1.807) is 11.3 Å². The first-order chi connectivity index (χ1) is 22.6. The van der Waals surface area contributed by atoms with Crippen LogP contribution < -0.4 is 9.47 Å². The molecule has 0 N–H and O–H groups in total. The average molecular weight is 632 g/mol. The number of carbonyl (C=O) groups excluding carboxylic acids is 1. The smallest absolute Gasteiger partial charge is 0.213 e. The van der Waals surface area contributed by atoms with Crippen LogP contribution in [0.4, 0.5) is 0 Å². The Kier molecular flexibility index (Phi) is 9.42. The Bertz CT molecular complexity index is 1790. The standard InChI is InChI=1S/C39H41N3O3S/c1-28-23-30(11-12-32(28)26-42-19-7-8-20-42)38(43)37-34-15-14-33(45-27-29-9-3-2-4-10-29)24-35(34)46-39(37)31-13-16-36(40-25-31)44-22-21-41-17-5-6-18-41/h2-4,9-16,23-25H,5-8,17-22,26-27H2,1H3. The highest BCUT2D eigenvalue weighted by Gasteiger charge is 2.23. The van der Waals surface area contributed by atoms with Crippen LogP contribution in [0.2, 0.25) is 0 Å². The van der Waals surface area contributed by atoms with Gasteiger partial charge in [-0.05, 0) is 106 Å². The number of fused-ring (bicyclic) bond motifs is 1. The molecule has 2 aliphatic heterocycles. The number of nitrogens with zero attached hydrogens (tertiary/aromatic N) is 3. The lowest BCUT2D eigenvalue weighted by Crippen LogP contribution is -2.25. The fourth-order valence-corrected chi connectivity index (χ4v) is 7.78.